The molecular weight excluding hydrogens is 196 g/mol. The number of rotatable bonds is 4. The van der Waals surface area contributed by atoms with Gasteiger partial charge < -0.3 is 10.5 Å². The molecule has 0 fully saturated rings. The molecule has 82 valence electrons. The van der Waals surface area contributed by atoms with Gasteiger partial charge in [0.05, 0.1) is 11.0 Å². The monoisotopic (exact) mass is 210 g/mol. The highest BCUT2D eigenvalue weighted by atomic mass is 16.6. The molecule has 1 aromatic carbocycles. The summed E-state index contributed by atoms with van der Waals surface area (Å²) in [6.07, 6.45) is 0.640. The molecule has 1 unspecified atom stereocenters. The maximum Gasteiger partial charge on any atom is 0.292 e. The van der Waals surface area contributed by atoms with Gasteiger partial charge in [-0.05, 0) is 18.1 Å². The van der Waals surface area contributed by atoms with Crippen LogP contribution in [0.2, 0.25) is 0 Å². The van der Waals surface area contributed by atoms with Crippen molar-refractivity contribution in [2.24, 2.45) is 0 Å². The van der Waals surface area contributed by atoms with Crippen LogP contribution in [0.3, 0.4) is 0 Å². The lowest BCUT2D eigenvalue weighted by Crippen LogP contribution is -2.02. The Kier molecular flexibility index (Phi) is 3.62. The summed E-state index contributed by atoms with van der Waals surface area (Å²) in [5.74, 6) is 0. The van der Waals surface area contributed by atoms with Crippen molar-refractivity contribution < 1.29 is 9.66 Å². The van der Waals surface area contributed by atoms with Crippen molar-refractivity contribution in [2.75, 3.05) is 12.8 Å². The van der Waals surface area contributed by atoms with Crippen LogP contribution in [0.5, 0.6) is 0 Å². The molecule has 0 amide bonds. The van der Waals surface area contributed by atoms with Gasteiger partial charge in [-0.2, -0.15) is 0 Å². The van der Waals surface area contributed by atoms with Gasteiger partial charge >= 0.3 is 0 Å². The maximum absolute atomic E-state index is 10.7. The van der Waals surface area contributed by atoms with Crippen molar-refractivity contribution in [3.8, 4) is 0 Å². The van der Waals surface area contributed by atoms with E-state index in [9.17, 15) is 10.1 Å². The zero-order valence-electron chi connectivity index (χ0n) is 8.77. The topological polar surface area (TPSA) is 78.4 Å². The molecular formula is C10H14N2O3. The number of nitrogens with two attached hydrogens (primary N) is 1. The van der Waals surface area contributed by atoms with Crippen molar-refractivity contribution in [1.29, 1.82) is 0 Å². The predicted octanol–water partition coefficient (Wildman–Crippen LogP) is 2.27. The van der Waals surface area contributed by atoms with Gasteiger partial charge in [-0.25, -0.2) is 0 Å². The molecule has 1 atom stereocenters. The minimum Gasteiger partial charge on any atom is -0.393 e. The van der Waals surface area contributed by atoms with Gasteiger partial charge in [0.25, 0.3) is 5.69 Å². The molecule has 5 heteroatoms. The first kappa shape index (κ1) is 11.5. The minimum absolute atomic E-state index is 0.0667. The van der Waals surface area contributed by atoms with Crippen molar-refractivity contribution in [1.82, 2.24) is 0 Å². The molecule has 0 radical (unpaired) electrons. The number of hydrogen-bond donors (Lipinski definition) is 1. The third-order valence-corrected chi connectivity index (χ3v) is 2.28. The molecule has 0 heterocycles. The number of nitro groups is 1. The fourth-order valence-electron chi connectivity index (χ4n) is 1.46. The summed E-state index contributed by atoms with van der Waals surface area (Å²) in [5.41, 5.74) is 6.38. The summed E-state index contributed by atoms with van der Waals surface area (Å²) >= 11 is 0. The zero-order chi connectivity index (χ0) is 11.4. The van der Waals surface area contributed by atoms with Crippen molar-refractivity contribution in [3.63, 3.8) is 0 Å². The lowest BCUT2D eigenvalue weighted by Gasteiger charge is -2.13. The van der Waals surface area contributed by atoms with E-state index in [-0.39, 0.29) is 17.5 Å². The number of nitrogens with zero attached hydrogens (tertiary/aromatic N) is 1. The molecule has 1 rings (SSSR count). The summed E-state index contributed by atoms with van der Waals surface area (Å²) in [7, 11) is 1.58. The molecule has 0 saturated carbocycles. The van der Waals surface area contributed by atoms with Gasteiger partial charge in [-0.15, -0.1) is 0 Å². The molecule has 0 aromatic heterocycles. The van der Waals surface area contributed by atoms with Gasteiger partial charge in [0.15, 0.2) is 0 Å². The Morgan fingerprint density at radius 1 is 1.60 bits per heavy atom. The Balaban J connectivity index is 3.11. The second-order valence-corrected chi connectivity index (χ2v) is 3.21. The van der Waals surface area contributed by atoms with Gasteiger partial charge in [0, 0.05) is 13.2 Å². The normalized spacial score (nSPS) is 12.4. The molecule has 2 N–H and O–H groups in total. The highest BCUT2D eigenvalue weighted by molar-refractivity contribution is 5.59. The zero-order valence-corrected chi connectivity index (χ0v) is 8.77. The Morgan fingerprint density at radius 3 is 2.73 bits per heavy atom. The van der Waals surface area contributed by atoms with Crippen molar-refractivity contribution in [3.05, 3.63) is 33.9 Å². The largest absolute Gasteiger partial charge is 0.393 e. The van der Waals surface area contributed by atoms with E-state index in [4.69, 9.17) is 10.5 Å². The van der Waals surface area contributed by atoms with Crippen LogP contribution in [-0.2, 0) is 4.74 Å². The highest BCUT2D eigenvalue weighted by Crippen LogP contribution is 2.28. The van der Waals surface area contributed by atoms with Crippen LogP contribution in [0, 0.1) is 10.1 Å². The summed E-state index contributed by atoms with van der Waals surface area (Å²) in [5, 5.41) is 10.7. The van der Waals surface area contributed by atoms with E-state index in [1.54, 1.807) is 13.2 Å². The lowest BCUT2D eigenvalue weighted by molar-refractivity contribution is -0.384. The SMILES string of the molecule is CCC(OC)c1ccc(N)c([N+](=O)[O-])c1. The Bertz CT molecular complexity index is 362. The second-order valence-electron chi connectivity index (χ2n) is 3.21. The van der Waals surface area contributed by atoms with E-state index in [0.29, 0.717) is 0 Å². The first-order valence-electron chi connectivity index (χ1n) is 4.66. The van der Waals surface area contributed by atoms with Crippen LogP contribution in [0.15, 0.2) is 18.2 Å². The third-order valence-electron chi connectivity index (χ3n) is 2.28. The molecule has 0 saturated heterocycles. The summed E-state index contributed by atoms with van der Waals surface area (Å²) in [4.78, 5) is 10.2. The average molecular weight is 210 g/mol. The first-order chi connectivity index (χ1) is 7.10. The number of ether oxygens (including phenoxy) is 1. The van der Waals surface area contributed by atoms with E-state index in [2.05, 4.69) is 0 Å². The van der Waals surface area contributed by atoms with Crippen molar-refractivity contribution >= 4 is 11.4 Å². The molecule has 15 heavy (non-hydrogen) atoms. The highest BCUT2D eigenvalue weighted by Gasteiger charge is 2.15. The summed E-state index contributed by atoms with van der Waals surface area (Å²) in [6.45, 7) is 1.95. The second kappa shape index (κ2) is 4.75. The number of benzene rings is 1. The number of methoxy groups -OCH3 is 1. The number of nitro benzene ring substituents is 1. The van der Waals surface area contributed by atoms with Gasteiger partial charge in [-0.3, -0.25) is 10.1 Å². The van der Waals surface area contributed by atoms with Crippen LogP contribution >= 0.6 is 0 Å². The number of anilines is 1. The number of nitrogen functional groups attached to an aromatic ring is 1. The van der Waals surface area contributed by atoms with Crippen LogP contribution in [0.4, 0.5) is 11.4 Å². The molecule has 0 bridgehead atoms. The third kappa shape index (κ3) is 2.44. The predicted molar refractivity (Wildman–Crippen MR) is 57.5 cm³/mol. The first-order valence-corrected chi connectivity index (χ1v) is 4.66. The van der Waals surface area contributed by atoms with E-state index < -0.39 is 4.92 Å². The minimum atomic E-state index is -0.485. The van der Waals surface area contributed by atoms with E-state index in [1.807, 2.05) is 6.92 Å². The fourth-order valence-corrected chi connectivity index (χ4v) is 1.46. The van der Waals surface area contributed by atoms with Gasteiger partial charge in [0.2, 0.25) is 0 Å². The van der Waals surface area contributed by atoms with Crippen LogP contribution in [-0.4, -0.2) is 12.0 Å². The quantitative estimate of drug-likeness (QED) is 0.469. The molecule has 0 aliphatic rings. The van der Waals surface area contributed by atoms with E-state index in [0.717, 1.165) is 12.0 Å². The lowest BCUT2D eigenvalue weighted by atomic mass is 10.1. The van der Waals surface area contributed by atoms with Gasteiger partial charge in [-0.1, -0.05) is 13.0 Å². The van der Waals surface area contributed by atoms with Crippen LogP contribution < -0.4 is 5.73 Å². The average Bonchev–Trinajstić information content (AvgIpc) is 2.21. The Labute approximate surface area is 88.0 Å². The summed E-state index contributed by atoms with van der Waals surface area (Å²) < 4.78 is 5.20. The molecule has 5 nitrogen and oxygen atoms in total. The molecule has 0 aliphatic heterocycles. The van der Waals surface area contributed by atoms with E-state index in [1.165, 1.54) is 12.1 Å². The fraction of sp³-hybridized carbons (Fsp3) is 0.400. The van der Waals surface area contributed by atoms with Crippen LogP contribution in [0.1, 0.15) is 25.0 Å². The summed E-state index contributed by atoms with van der Waals surface area (Å²) in [6, 6.07) is 4.75. The molecule has 0 aliphatic carbocycles. The van der Waals surface area contributed by atoms with E-state index >= 15 is 0 Å². The smallest absolute Gasteiger partial charge is 0.292 e. The van der Waals surface area contributed by atoms with Crippen LogP contribution in [0.25, 0.3) is 0 Å². The van der Waals surface area contributed by atoms with Gasteiger partial charge in [0.1, 0.15) is 5.69 Å². The standard InChI is InChI=1S/C10H14N2O3/c1-3-10(15-2)7-4-5-8(11)9(6-7)12(13)14/h4-6,10H,3,11H2,1-2H3. The van der Waals surface area contributed by atoms with Crippen molar-refractivity contribution in [2.45, 2.75) is 19.4 Å². The Morgan fingerprint density at radius 2 is 2.27 bits per heavy atom. The Hall–Kier alpha value is -1.62. The molecule has 0 spiro atoms. The maximum atomic E-state index is 10.7. The number of hydrogen-bond acceptors (Lipinski definition) is 4. The molecule has 1 aromatic rings.